The van der Waals surface area contributed by atoms with Crippen LogP contribution in [0.4, 0.5) is 0 Å². The lowest BCUT2D eigenvalue weighted by atomic mass is 10.1. The molecule has 0 fully saturated rings. The van der Waals surface area contributed by atoms with Gasteiger partial charge in [-0.25, -0.2) is 4.79 Å². The number of carbonyl (C=O) groups excluding carboxylic acids is 2. The number of aliphatic carboxylic acids is 1. The monoisotopic (exact) mass is 278 g/mol. The number of hydrogen-bond donors (Lipinski definition) is 3. The molecule has 0 aromatic heterocycles. The molecule has 7 heteroatoms. The Balaban J connectivity index is 2.10. The number of amides is 2. The van der Waals surface area contributed by atoms with Gasteiger partial charge in [-0.2, -0.15) is 0 Å². The largest absolute Gasteiger partial charge is 0.493 e. The molecule has 1 aromatic rings. The van der Waals surface area contributed by atoms with Gasteiger partial charge >= 0.3 is 5.97 Å². The van der Waals surface area contributed by atoms with E-state index >= 15 is 0 Å². The van der Waals surface area contributed by atoms with E-state index in [0.717, 1.165) is 11.3 Å². The summed E-state index contributed by atoms with van der Waals surface area (Å²) >= 11 is 0. The summed E-state index contributed by atoms with van der Waals surface area (Å²) in [5.41, 5.74) is 6.18. The van der Waals surface area contributed by atoms with E-state index in [-0.39, 0.29) is 0 Å². The van der Waals surface area contributed by atoms with Crippen LogP contribution in [-0.2, 0) is 16.0 Å². The Morgan fingerprint density at radius 3 is 2.80 bits per heavy atom. The predicted molar refractivity (Wildman–Crippen MR) is 68.3 cm³/mol. The number of primary amides is 1. The van der Waals surface area contributed by atoms with Gasteiger partial charge in [0.15, 0.2) is 0 Å². The van der Waals surface area contributed by atoms with Crippen molar-refractivity contribution in [2.45, 2.75) is 18.9 Å². The number of carboxylic acids is 1. The molecule has 1 heterocycles. The fourth-order valence-electron chi connectivity index (χ4n) is 1.97. The first kappa shape index (κ1) is 13.9. The van der Waals surface area contributed by atoms with Crippen LogP contribution in [0.5, 0.6) is 5.75 Å². The number of rotatable bonds is 5. The lowest BCUT2D eigenvalue weighted by Crippen LogP contribution is -2.43. The van der Waals surface area contributed by atoms with Crippen LogP contribution in [0, 0.1) is 0 Å². The van der Waals surface area contributed by atoms with Gasteiger partial charge in [0, 0.05) is 12.0 Å². The molecule has 1 atom stereocenters. The van der Waals surface area contributed by atoms with Crippen molar-refractivity contribution in [1.29, 1.82) is 0 Å². The number of nitrogens with two attached hydrogens (primary N) is 1. The van der Waals surface area contributed by atoms with E-state index in [0.29, 0.717) is 18.6 Å². The third-order valence-corrected chi connectivity index (χ3v) is 2.96. The first-order valence-electron chi connectivity index (χ1n) is 6.05. The molecule has 106 valence electrons. The number of nitrogens with one attached hydrogen (secondary N) is 1. The van der Waals surface area contributed by atoms with E-state index in [9.17, 15) is 14.4 Å². The van der Waals surface area contributed by atoms with Crippen LogP contribution in [0.25, 0.3) is 0 Å². The molecule has 1 aromatic carbocycles. The number of hydrogen-bond acceptors (Lipinski definition) is 4. The minimum atomic E-state index is -1.33. The zero-order valence-electron chi connectivity index (χ0n) is 10.6. The highest BCUT2D eigenvalue weighted by molar-refractivity contribution is 5.97. The molecular formula is C13H14N2O5. The van der Waals surface area contributed by atoms with Crippen LogP contribution < -0.4 is 15.8 Å². The van der Waals surface area contributed by atoms with Gasteiger partial charge in [0.1, 0.15) is 11.8 Å². The summed E-state index contributed by atoms with van der Waals surface area (Å²) in [4.78, 5) is 33.7. The molecule has 7 nitrogen and oxygen atoms in total. The number of carboxylic acid groups (broad SMARTS) is 1. The van der Waals surface area contributed by atoms with Gasteiger partial charge in [-0.15, -0.1) is 0 Å². The number of benzene rings is 1. The third kappa shape index (κ3) is 3.05. The lowest BCUT2D eigenvalue weighted by molar-refractivity contribution is -0.140. The minimum absolute atomic E-state index is 0.324. The first-order chi connectivity index (χ1) is 9.47. The average molecular weight is 278 g/mol. The first-order valence-corrected chi connectivity index (χ1v) is 6.05. The highest BCUT2D eigenvalue weighted by atomic mass is 16.5. The fraction of sp³-hybridized carbons (Fsp3) is 0.308. The van der Waals surface area contributed by atoms with Crippen LogP contribution in [0.15, 0.2) is 18.2 Å². The Bertz CT molecular complexity index is 570. The maximum absolute atomic E-state index is 12.0. The van der Waals surface area contributed by atoms with Gasteiger partial charge in [0.25, 0.3) is 5.91 Å². The number of fused-ring (bicyclic) bond motifs is 1. The van der Waals surface area contributed by atoms with Crippen LogP contribution in [0.1, 0.15) is 22.3 Å². The van der Waals surface area contributed by atoms with Gasteiger partial charge in [-0.05, 0) is 23.8 Å². The Labute approximate surface area is 114 Å². The van der Waals surface area contributed by atoms with E-state index in [2.05, 4.69) is 5.32 Å². The topological polar surface area (TPSA) is 119 Å². The molecule has 0 spiro atoms. The second-order valence-electron chi connectivity index (χ2n) is 4.46. The molecule has 20 heavy (non-hydrogen) atoms. The minimum Gasteiger partial charge on any atom is -0.493 e. The van der Waals surface area contributed by atoms with Gasteiger partial charge in [-0.1, -0.05) is 0 Å². The van der Waals surface area contributed by atoms with Crippen LogP contribution in [-0.4, -0.2) is 35.5 Å². The van der Waals surface area contributed by atoms with Crippen LogP contribution in [0.3, 0.4) is 0 Å². The maximum atomic E-state index is 12.0. The molecule has 0 radical (unpaired) electrons. The van der Waals surface area contributed by atoms with Crippen LogP contribution >= 0.6 is 0 Å². The van der Waals surface area contributed by atoms with E-state index in [1.54, 1.807) is 18.2 Å². The van der Waals surface area contributed by atoms with Gasteiger partial charge in [-0.3, -0.25) is 9.59 Å². The smallest absolute Gasteiger partial charge is 0.326 e. The summed E-state index contributed by atoms with van der Waals surface area (Å²) < 4.78 is 5.32. The molecule has 2 rings (SSSR count). The summed E-state index contributed by atoms with van der Waals surface area (Å²) in [6, 6.07) is 3.54. The van der Waals surface area contributed by atoms with Gasteiger partial charge in [0.2, 0.25) is 5.91 Å². The van der Waals surface area contributed by atoms with Crippen molar-refractivity contribution < 1.29 is 24.2 Å². The van der Waals surface area contributed by atoms with Crippen molar-refractivity contribution in [2.24, 2.45) is 5.73 Å². The highest BCUT2D eigenvalue weighted by Gasteiger charge is 2.23. The average Bonchev–Trinajstić information content (AvgIpc) is 2.84. The predicted octanol–water partition coefficient (Wildman–Crippen LogP) is -0.320. The fourth-order valence-corrected chi connectivity index (χ4v) is 1.97. The molecular weight excluding hydrogens is 264 g/mol. The second-order valence-corrected chi connectivity index (χ2v) is 4.46. The summed E-state index contributed by atoms with van der Waals surface area (Å²) in [6.45, 7) is 0.569. The zero-order chi connectivity index (χ0) is 14.7. The van der Waals surface area contributed by atoms with Gasteiger partial charge < -0.3 is 20.9 Å². The number of ether oxygens (including phenoxy) is 1. The van der Waals surface area contributed by atoms with E-state index in [4.69, 9.17) is 15.6 Å². The molecule has 0 aliphatic carbocycles. The molecule has 4 N–H and O–H groups in total. The summed E-state index contributed by atoms with van der Waals surface area (Å²) in [5, 5.41) is 11.2. The SMILES string of the molecule is NC(=O)C[C@@H](NC(=O)c1ccc2c(c1)CCO2)C(=O)O. The quantitative estimate of drug-likeness (QED) is 0.682. The zero-order valence-corrected chi connectivity index (χ0v) is 10.6. The highest BCUT2D eigenvalue weighted by Crippen LogP contribution is 2.25. The Morgan fingerprint density at radius 2 is 2.15 bits per heavy atom. The van der Waals surface area contributed by atoms with E-state index in [1.807, 2.05) is 0 Å². The molecule has 1 aliphatic heterocycles. The second kappa shape index (κ2) is 5.60. The van der Waals surface area contributed by atoms with Crippen molar-refractivity contribution in [3.05, 3.63) is 29.3 Å². The van der Waals surface area contributed by atoms with Crippen molar-refractivity contribution in [2.75, 3.05) is 6.61 Å². The molecule has 1 aliphatic rings. The molecule has 0 saturated carbocycles. The van der Waals surface area contributed by atoms with E-state index in [1.165, 1.54) is 0 Å². The van der Waals surface area contributed by atoms with E-state index < -0.39 is 30.2 Å². The molecule has 2 amide bonds. The Hall–Kier alpha value is -2.57. The standard InChI is InChI=1S/C13H14N2O5/c14-11(16)6-9(13(18)19)15-12(17)8-1-2-10-7(5-8)3-4-20-10/h1-2,5,9H,3-4,6H2,(H2,14,16)(H,15,17)(H,18,19)/t9-/m1/s1. The summed E-state index contributed by atoms with van der Waals surface area (Å²) in [6.07, 6.45) is 0.259. The third-order valence-electron chi connectivity index (χ3n) is 2.96. The maximum Gasteiger partial charge on any atom is 0.326 e. The van der Waals surface area contributed by atoms with Crippen LogP contribution in [0.2, 0.25) is 0 Å². The van der Waals surface area contributed by atoms with Crippen molar-refractivity contribution >= 4 is 17.8 Å². The Kier molecular flexibility index (Phi) is 3.88. The Morgan fingerprint density at radius 1 is 1.40 bits per heavy atom. The lowest BCUT2D eigenvalue weighted by Gasteiger charge is -2.13. The normalized spacial score (nSPS) is 14.0. The van der Waals surface area contributed by atoms with Crippen molar-refractivity contribution in [3.63, 3.8) is 0 Å². The molecule has 0 saturated heterocycles. The number of carbonyl (C=O) groups is 3. The molecule has 0 unspecified atom stereocenters. The molecule has 0 bridgehead atoms. The summed E-state index contributed by atoms with van der Waals surface area (Å²) in [7, 11) is 0. The van der Waals surface area contributed by atoms with Gasteiger partial charge in [0.05, 0.1) is 13.0 Å². The summed E-state index contributed by atoms with van der Waals surface area (Å²) in [5.74, 6) is -1.93. The van der Waals surface area contributed by atoms with Crippen molar-refractivity contribution in [1.82, 2.24) is 5.32 Å². The van der Waals surface area contributed by atoms with Crippen molar-refractivity contribution in [3.8, 4) is 5.75 Å².